The average Bonchev–Trinajstić information content (AvgIpc) is 2.27. The average molecular weight is 256 g/mol. The summed E-state index contributed by atoms with van der Waals surface area (Å²) in [5, 5.41) is 5.07. The van der Waals surface area contributed by atoms with Gasteiger partial charge in [-0.05, 0) is 18.6 Å². The van der Waals surface area contributed by atoms with E-state index in [0.29, 0.717) is 6.54 Å². The first-order valence-corrected chi connectivity index (χ1v) is 6.80. The second-order valence-corrected chi connectivity index (χ2v) is 5.30. The number of nitrogens with zero attached hydrogens (tertiary/aromatic N) is 1. The molecular weight excluding hydrogens is 240 g/mol. The smallest absolute Gasteiger partial charge is 0.254 e. The van der Waals surface area contributed by atoms with Gasteiger partial charge < -0.3 is 4.90 Å². The fourth-order valence-electron chi connectivity index (χ4n) is 1.53. The molecule has 6 heteroatoms. The van der Waals surface area contributed by atoms with E-state index < -0.39 is 10.0 Å². The summed E-state index contributed by atoms with van der Waals surface area (Å²) in [6.07, 6.45) is 0.805. The minimum Gasteiger partial charge on any atom is -0.342 e. The predicted octanol–water partition coefficient (Wildman–Crippen LogP) is 0.816. The summed E-state index contributed by atoms with van der Waals surface area (Å²) < 4.78 is 22.7. The molecule has 1 amide bonds. The van der Waals surface area contributed by atoms with Crippen LogP contribution < -0.4 is 5.14 Å². The summed E-state index contributed by atoms with van der Waals surface area (Å²) in [7, 11) is -2.24. The van der Waals surface area contributed by atoms with Gasteiger partial charge in [-0.15, -0.1) is 0 Å². The zero-order chi connectivity index (χ0) is 13.1. The first kappa shape index (κ1) is 13.7. The molecule has 2 N–H and O–H groups in total. The molecule has 0 bridgehead atoms. The Balaban J connectivity index is 3.19. The molecule has 0 aromatic heterocycles. The number of carbonyl (C=O) groups excluding carboxylic acids is 1. The van der Waals surface area contributed by atoms with Crippen LogP contribution in [0.1, 0.15) is 23.7 Å². The number of benzene rings is 1. The van der Waals surface area contributed by atoms with Gasteiger partial charge in [0.05, 0.1) is 10.5 Å². The van der Waals surface area contributed by atoms with Gasteiger partial charge in [-0.25, -0.2) is 13.6 Å². The molecule has 0 radical (unpaired) electrons. The molecular formula is C11H16N2O3S. The number of carbonyl (C=O) groups is 1. The van der Waals surface area contributed by atoms with E-state index >= 15 is 0 Å². The molecule has 1 aromatic rings. The van der Waals surface area contributed by atoms with Gasteiger partial charge in [0.15, 0.2) is 0 Å². The Morgan fingerprint density at radius 3 is 2.47 bits per heavy atom. The van der Waals surface area contributed by atoms with Crippen LogP contribution in [-0.4, -0.2) is 32.8 Å². The molecule has 0 aliphatic carbocycles. The lowest BCUT2D eigenvalue weighted by Crippen LogP contribution is -2.29. The molecule has 1 rings (SSSR count). The van der Waals surface area contributed by atoms with Gasteiger partial charge in [0.1, 0.15) is 0 Å². The molecule has 17 heavy (non-hydrogen) atoms. The minimum absolute atomic E-state index is 0.117. The largest absolute Gasteiger partial charge is 0.342 e. The zero-order valence-electron chi connectivity index (χ0n) is 9.88. The molecule has 0 fully saturated rings. The molecule has 5 nitrogen and oxygen atoms in total. The molecule has 0 spiro atoms. The third-order valence-corrected chi connectivity index (χ3v) is 3.30. The van der Waals surface area contributed by atoms with Crippen molar-refractivity contribution in [1.29, 1.82) is 0 Å². The maximum atomic E-state index is 12.0. The van der Waals surface area contributed by atoms with Gasteiger partial charge in [-0.3, -0.25) is 4.79 Å². The van der Waals surface area contributed by atoms with E-state index in [1.165, 1.54) is 23.1 Å². The van der Waals surface area contributed by atoms with E-state index in [4.69, 9.17) is 5.14 Å². The maximum Gasteiger partial charge on any atom is 0.254 e. The van der Waals surface area contributed by atoms with E-state index in [9.17, 15) is 13.2 Å². The highest BCUT2D eigenvalue weighted by Crippen LogP contribution is 2.15. The van der Waals surface area contributed by atoms with E-state index in [0.717, 1.165) is 6.42 Å². The lowest BCUT2D eigenvalue weighted by atomic mass is 10.2. The van der Waals surface area contributed by atoms with Gasteiger partial charge in [0.25, 0.3) is 5.91 Å². The van der Waals surface area contributed by atoms with Crippen molar-refractivity contribution in [1.82, 2.24) is 4.90 Å². The lowest BCUT2D eigenvalue weighted by Gasteiger charge is -2.17. The molecule has 1 aromatic carbocycles. The van der Waals surface area contributed by atoms with Crippen LogP contribution >= 0.6 is 0 Å². The topological polar surface area (TPSA) is 80.5 Å². The molecule has 0 saturated carbocycles. The predicted molar refractivity (Wildman–Crippen MR) is 65.1 cm³/mol. The number of sulfonamides is 1. The Hall–Kier alpha value is -1.40. The van der Waals surface area contributed by atoms with Crippen molar-refractivity contribution in [2.75, 3.05) is 13.6 Å². The number of primary sulfonamides is 1. The first-order chi connectivity index (χ1) is 7.88. The quantitative estimate of drug-likeness (QED) is 0.865. The zero-order valence-corrected chi connectivity index (χ0v) is 10.7. The number of nitrogens with two attached hydrogens (primary N) is 1. The summed E-state index contributed by atoms with van der Waals surface area (Å²) in [4.78, 5) is 13.4. The van der Waals surface area contributed by atoms with Crippen LogP contribution in [0.5, 0.6) is 0 Å². The SMILES string of the molecule is CCCN(C)C(=O)c1ccccc1S(N)(=O)=O. The Kier molecular flexibility index (Phi) is 4.25. The fourth-order valence-corrected chi connectivity index (χ4v) is 2.26. The molecule has 0 unspecified atom stereocenters. The molecule has 0 aliphatic heterocycles. The lowest BCUT2D eigenvalue weighted by molar-refractivity contribution is 0.0791. The van der Waals surface area contributed by atoms with Crippen molar-refractivity contribution in [2.24, 2.45) is 5.14 Å². The van der Waals surface area contributed by atoms with Crippen LogP contribution in [0.4, 0.5) is 0 Å². The normalized spacial score (nSPS) is 11.2. The van der Waals surface area contributed by atoms with E-state index in [2.05, 4.69) is 0 Å². The minimum atomic E-state index is -3.87. The van der Waals surface area contributed by atoms with Gasteiger partial charge in [0, 0.05) is 13.6 Å². The van der Waals surface area contributed by atoms with E-state index in [-0.39, 0.29) is 16.4 Å². The van der Waals surface area contributed by atoms with Crippen molar-refractivity contribution < 1.29 is 13.2 Å². The van der Waals surface area contributed by atoms with Crippen LogP contribution in [0.2, 0.25) is 0 Å². The van der Waals surface area contributed by atoms with Gasteiger partial charge >= 0.3 is 0 Å². The van der Waals surface area contributed by atoms with Crippen molar-refractivity contribution >= 4 is 15.9 Å². The van der Waals surface area contributed by atoms with Crippen LogP contribution in [0, 0.1) is 0 Å². The van der Waals surface area contributed by atoms with Crippen LogP contribution in [0.3, 0.4) is 0 Å². The number of rotatable bonds is 4. The van der Waals surface area contributed by atoms with Crippen molar-refractivity contribution in [3.8, 4) is 0 Å². The Labute approximate surface area is 101 Å². The summed E-state index contributed by atoms with van der Waals surface area (Å²) in [5.41, 5.74) is 0.117. The monoisotopic (exact) mass is 256 g/mol. The van der Waals surface area contributed by atoms with Crippen LogP contribution in [0.25, 0.3) is 0 Å². The van der Waals surface area contributed by atoms with Gasteiger partial charge in [-0.1, -0.05) is 19.1 Å². The first-order valence-electron chi connectivity index (χ1n) is 5.25. The Morgan fingerprint density at radius 1 is 1.35 bits per heavy atom. The standard InChI is InChI=1S/C11H16N2O3S/c1-3-8-13(2)11(14)9-6-4-5-7-10(9)17(12,15)16/h4-7H,3,8H2,1-2H3,(H2,12,15,16). The number of hydrogen-bond acceptors (Lipinski definition) is 3. The fraction of sp³-hybridized carbons (Fsp3) is 0.364. The Bertz CT molecular complexity index is 511. The molecule has 0 aliphatic rings. The number of amides is 1. The van der Waals surface area contributed by atoms with Crippen LogP contribution in [-0.2, 0) is 10.0 Å². The Morgan fingerprint density at radius 2 is 1.94 bits per heavy atom. The highest BCUT2D eigenvalue weighted by molar-refractivity contribution is 7.89. The van der Waals surface area contributed by atoms with E-state index in [1.807, 2.05) is 6.92 Å². The van der Waals surface area contributed by atoms with Crippen molar-refractivity contribution in [3.05, 3.63) is 29.8 Å². The molecule has 0 atom stereocenters. The van der Waals surface area contributed by atoms with Crippen LogP contribution in [0.15, 0.2) is 29.2 Å². The van der Waals surface area contributed by atoms with Gasteiger partial charge in [0.2, 0.25) is 10.0 Å². The van der Waals surface area contributed by atoms with Crippen molar-refractivity contribution in [3.63, 3.8) is 0 Å². The number of hydrogen-bond donors (Lipinski definition) is 1. The highest BCUT2D eigenvalue weighted by atomic mass is 32.2. The van der Waals surface area contributed by atoms with Gasteiger partial charge in [-0.2, -0.15) is 0 Å². The summed E-state index contributed by atoms with van der Waals surface area (Å²) in [5.74, 6) is -0.337. The third-order valence-electron chi connectivity index (χ3n) is 2.33. The van der Waals surface area contributed by atoms with Crippen molar-refractivity contribution in [2.45, 2.75) is 18.2 Å². The maximum absolute atomic E-state index is 12.0. The second-order valence-electron chi connectivity index (χ2n) is 3.77. The highest BCUT2D eigenvalue weighted by Gasteiger charge is 2.20. The second kappa shape index (κ2) is 5.29. The molecule has 0 heterocycles. The summed E-state index contributed by atoms with van der Waals surface area (Å²) in [6.45, 7) is 2.51. The van der Waals surface area contributed by atoms with E-state index in [1.54, 1.807) is 13.1 Å². The summed E-state index contributed by atoms with van der Waals surface area (Å²) >= 11 is 0. The summed E-state index contributed by atoms with van der Waals surface area (Å²) in [6, 6.07) is 5.95. The molecule has 0 saturated heterocycles. The third kappa shape index (κ3) is 3.28. The molecule has 94 valence electrons.